The Bertz CT molecular complexity index is 1400. The summed E-state index contributed by atoms with van der Waals surface area (Å²) >= 11 is 0. The van der Waals surface area contributed by atoms with Gasteiger partial charge in [-0.05, 0) is 43.3 Å². The highest BCUT2D eigenvalue weighted by Crippen LogP contribution is 2.12. The number of fused-ring (bicyclic) bond motifs is 1. The van der Waals surface area contributed by atoms with E-state index in [9.17, 15) is 19.2 Å². The molecule has 156 valence electrons. The fourth-order valence-electron chi connectivity index (χ4n) is 3.36. The quantitative estimate of drug-likeness (QED) is 0.485. The molecule has 4 rings (SSSR count). The van der Waals surface area contributed by atoms with Gasteiger partial charge in [0, 0.05) is 5.56 Å². The van der Waals surface area contributed by atoms with Gasteiger partial charge in [-0.2, -0.15) is 0 Å². The highest BCUT2D eigenvalue weighted by molar-refractivity contribution is 5.94. The summed E-state index contributed by atoms with van der Waals surface area (Å²) in [6, 6.07) is 16.3. The molecule has 2 heterocycles. The van der Waals surface area contributed by atoms with E-state index in [1.807, 2.05) is 0 Å². The fourth-order valence-corrected chi connectivity index (χ4v) is 3.36. The number of carbonyl (C=O) groups excluding carboxylic acids is 2. The second-order valence-electron chi connectivity index (χ2n) is 6.99. The first-order chi connectivity index (χ1) is 15.0. The number of amides is 1. The standard InChI is InChI=1S/C23H19N3O5/c1-15(27)16-6-4-7-17(12-16)26-22(29)19-9-2-3-10-20(19)25(23(26)30)14-21(28)24-13-18-8-5-11-31-18/h2-12H,13-14H2,1H3,(H,24,28). The smallest absolute Gasteiger partial charge is 0.336 e. The molecule has 2 aromatic heterocycles. The summed E-state index contributed by atoms with van der Waals surface area (Å²) in [4.78, 5) is 50.7. The van der Waals surface area contributed by atoms with Crippen molar-refractivity contribution in [2.45, 2.75) is 20.0 Å². The maximum absolute atomic E-state index is 13.3. The van der Waals surface area contributed by atoms with E-state index < -0.39 is 17.2 Å². The maximum atomic E-state index is 13.3. The average molecular weight is 417 g/mol. The zero-order valence-corrected chi connectivity index (χ0v) is 16.7. The van der Waals surface area contributed by atoms with Crippen molar-refractivity contribution in [1.29, 1.82) is 0 Å². The van der Waals surface area contributed by atoms with Crippen molar-refractivity contribution in [1.82, 2.24) is 14.5 Å². The molecule has 0 atom stereocenters. The number of hydrogen-bond acceptors (Lipinski definition) is 5. The molecule has 0 bridgehead atoms. The van der Waals surface area contributed by atoms with Crippen LogP contribution in [0.15, 0.2) is 80.9 Å². The summed E-state index contributed by atoms with van der Waals surface area (Å²) in [6.45, 7) is 1.30. The summed E-state index contributed by atoms with van der Waals surface area (Å²) in [5.74, 6) is -0.0174. The molecule has 0 spiro atoms. The zero-order valence-electron chi connectivity index (χ0n) is 16.7. The minimum atomic E-state index is -0.669. The number of nitrogens with one attached hydrogen (secondary N) is 1. The van der Waals surface area contributed by atoms with Gasteiger partial charge in [-0.1, -0.05) is 24.3 Å². The van der Waals surface area contributed by atoms with Gasteiger partial charge in [0.05, 0.1) is 29.4 Å². The summed E-state index contributed by atoms with van der Waals surface area (Å²) in [6.07, 6.45) is 1.50. The maximum Gasteiger partial charge on any atom is 0.336 e. The Morgan fingerprint density at radius 3 is 2.55 bits per heavy atom. The summed E-state index contributed by atoms with van der Waals surface area (Å²) < 4.78 is 7.42. The molecule has 8 nitrogen and oxygen atoms in total. The molecule has 31 heavy (non-hydrogen) atoms. The molecule has 0 saturated heterocycles. The van der Waals surface area contributed by atoms with Crippen molar-refractivity contribution in [3.63, 3.8) is 0 Å². The van der Waals surface area contributed by atoms with Gasteiger partial charge in [0.15, 0.2) is 5.78 Å². The van der Waals surface area contributed by atoms with Crippen LogP contribution in [0.4, 0.5) is 0 Å². The molecule has 0 saturated carbocycles. The molecule has 1 N–H and O–H groups in total. The Morgan fingerprint density at radius 2 is 1.81 bits per heavy atom. The van der Waals surface area contributed by atoms with Crippen LogP contribution in [0.1, 0.15) is 23.0 Å². The number of benzene rings is 2. The number of nitrogens with zero attached hydrogens (tertiary/aromatic N) is 2. The van der Waals surface area contributed by atoms with E-state index >= 15 is 0 Å². The predicted molar refractivity (Wildman–Crippen MR) is 114 cm³/mol. The van der Waals surface area contributed by atoms with E-state index in [2.05, 4.69) is 5.32 Å². The van der Waals surface area contributed by atoms with E-state index in [1.165, 1.54) is 23.8 Å². The van der Waals surface area contributed by atoms with Crippen LogP contribution in [0.3, 0.4) is 0 Å². The van der Waals surface area contributed by atoms with Crippen molar-refractivity contribution in [2.75, 3.05) is 0 Å². The van der Waals surface area contributed by atoms with Crippen LogP contribution < -0.4 is 16.6 Å². The molecule has 0 unspecified atom stereocenters. The molecule has 4 aromatic rings. The molecule has 0 aliphatic heterocycles. The number of furan rings is 1. The van der Waals surface area contributed by atoms with E-state index in [0.717, 1.165) is 4.57 Å². The SMILES string of the molecule is CC(=O)c1cccc(-n2c(=O)c3ccccc3n(CC(=O)NCc3ccco3)c2=O)c1. The van der Waals surface area contributed by atoms with Crippen LogP contribution in [-0.2, 0) is 17.9 Å². The number of ketones is 1. The molecule has 2 aromatic carbocycles. The Morgan fingerprint density at radius 1 is 1.00 bits per heavy atom. The summed E-state index contributed by atoms with van der Waals surface area (Å²) in [5, 5.41) is 2.99. The average Bonchev–Trinajstić information content (AvgIpc) is 3.29. The van der Waals surface area contributed by atoms with E-state index in [1.54, 1.807) is 54.6 Å². The Labute approximate surface area is 176 Å². The van der Waals surface area contributed by atoms with E-state index in [0.29, 0.717) is 16.8 Å². The third-order valence-corrected chi connectivity index (χ3v) is 4.90. The molecular formula is C23H19N3O5. The zero-order chi connectivity index (χ0) is 22.0. The summed E-state index contributed by atoms with van der Waals surface area (Å²) in [5.41, 5.74) is -0.200. The Balaban J connectivity index is 1.81. The Kier molecular flexibility index (Phi) is 5.36. The van der Waals surface area contributed by atoms with E-state index in [-0.39, 0.29) is 29.9 Å². The number of rotatable bonds is 6. The van der Waals surface area contributed by atoms with Crippen LogP contribution in [0.5, 0.6) is 0 Å². The molecule has 1 amide bonds. The van der Waals surface area contributed by atoms with Crippen LogP contribution >= 0.6 is 0 Å². The second-order valence-corrected chi connectivity index (χ2v) is 6.99. The van der Waals surface area contributed by atoms with Gasteiger partial charge in [-0.25, -0.2) is 9.36 Å². The summed E-state index contributed by atoms with van der Waals surface area (Å²) in [7, 11) is 0. The monoisotopic (exact) mass is 417 g/mol. The fraction of sp³-hybridized carbons (Fsp3) is 0.130. The van der Waals surface area contributed by atoms with Crippen molar-refractivity contribution in [2.24, 2.45) is 0 Å². The van der Waals surface area contributed by atoms with Crippen LogP contribution in [0, 0.1) is 0 Å². The lowest BCUT2D eigenvalue weighted by atomic mass is 10.1. The van der Waals surface area contributed by atoms with Crippen LogP contribution in [-0.4, -0.2) is 20.8 Å². The second kappa shape index (κ2) is 8.27. The topological polar surface area (TPSA) is 103 Å². The largest absolute Gasteiger partial charge is 0.467 e. The first-order valence-electron chi connectivity index (χ1n) is 9.61. The molecular weight excluding hydrogens is 398 g/mol. The Hall–Kier alpha value is -4.20. The number of para-hydroxylation sites is 1. The first-order valence-corrected chi connectivity index (χ1v) is 9.61. The highest BCUT2D eigenvalue weighted by Gasteiger charge is 2.17. The normalized spacial score (nSPS) is 10.9. The van der Waals surface area contributed by atoms with Crippen molar-refractivity contribution in [3.8, 4) is 5.69 Å². The predicted octanol–water partition coefficient (Wildman–Crippen LogP) is 2.26. The van der Waals surface area contributed by atoms with Gasteiger partial charge < -0.3 is 9.73 Å². The van der Waals surface area contributed by atoms with Gasteiger partial charge in [-0.3, -0.25) is 19.0 Å². The third kappa shape index (κ3) is 3.95. The number of aromatic nitrogens is 2. The lowest BCUT2D eigenvalue weighted by Gasteiger charge is -2.14. The molecule has 0 fully saturated rings. The first kappa shape index (κ1) is 20.1. The minimum absolute atomic E-state index is 0.179. The van der Waals surface area contributed by atoms with Crippen molar-refractivity contribution < 1.29 is 14.0 Å². The van der Waals surface area contributed by atoms with Crippen molar-refractivity contribution >= 4 is 22.6 Å². The van der Waals surface area contributed by atoms with Crippen LogP contribution in [0.2, 0.25) is 0 Å². The lowest BCUT2D eigenvalue weighted by Crippen LogP contribution is -2.41. The minimum Gasteiger partial charge on any atom is -0.467 e. The molecule has 0 aliphatic rings. The highest BCUT2D eigenvalue weighted by atomic mass is 16.3. The van der Waals surface area contributed by atoms with E-state index in [4.69, 9.17) is 4.42 Å². The third-order valence-electron chi connectivity index (χ3n) is 4.90. The van der Waals surface area contributed by atoms with Gasteiger partial charge in [0.1, 0.15) is 12.3 Å². The number of carbonyl (C=O) groups is 2. The van der Waals surface area contributed by atoms with Crippen molar-refractivity contribution in [3.05, 3.63) is 99.1 Å². The van der Waals surface area contributed by atoms with Crippen LogP contribution in [0.25, 0.3) is 16.6 Å². The molecule has 0 aliphatic carbocycles. The number of Topliss-reactive ketones (excluding diaryl/α,β-unsaturated/α-hetero) is 1. The van der Waals surface area contributed by atoms with Gasteiger partial charge in [-0.15, -0.1) is 0 Å². The molecule has 0 radical (unpaired) electrons. The van der Waals surface area contributed by atoms with Gasteiger partial charge >= 0.3 is 5.69 Å². The van der Waals surface area contributed by atoms with Gasteiger partial charge in [0.2, 0.25) is 5.91 Å². The number of hydrogen-bond donors (Lipinski definition) is 1. The van der Waals surface area contributed by atoms with Gasteiger partial charge in [0.25, 0.3) is 5.56 Å². The lowest BCUT2D eigenvalue weighted by molar-refractivity contribution is -0.121. The molecule has 8 heteroatoms.